The van der Waals surface area contributed by atoms with Crippen LogP contribution in [-0.2, 0) is 11.2 Å². The van der Waals surface area contributed by atoms with Crippen molar-refractivity contribution in [1.29, 1.82) is 0 Å². The van der Waals surface area contributed by atoms with Crippen LogP contribution in [0.3, 0.4) is 0 Å². The fraction of sp³-hybridized carbons (Fsp3) is 0.304. The molecule has 1 aliphatic rings. The van der Waals surface area contributed by atoms with Crippen LogP contribution in [0.25, 0.3) is 11.3 Å². The number of nitrogens with zero attached hydrogens (tertiary/aromatic N) is 3. The molecule has 4 rings (SSSR count). The Hall–Kier alpha value is -3.24. The number of nitrogens with two attached hydrogens (primary N) is 1. The van der Waals surface area contributed by atoms with Gasteiger partial charge >= 0.3 is 0 Å². The highest BCUT2D eigenvalue weighted by Crippen LogP contribution is 2.33. The van der Waals surface area contributed by atoms with E-state index in [0.717, 1.165) is 5.56 Å². The van der Waals surface area contributed by atoms with Crippen LogP contribution < -0.4 is 5.73 Å². The fourth-order valence-corrected chi connectivity index (χ4v) is 3.81. The van der Waals surface area contributed by atoms with Gasteiger partial charge < -0.3 is 25.8 Å². The minimum atomic E-state index is -1.18. The summed E-state index contributed by atoms with van der Waals surface area (Å²) in [6.45, 7) is -0.438. The Kier molecular flexibility index (Phi) is 6.52. The van der Waals surface area contributed by atoms with E-state index >= 15 is 0 Å². The quantitative estimate of drug-likeness (QED) is 0.416. The molecule has 0 radical (unpaired) electrons. The Balaban J connectivity index is 1.60. The first-order valence-corrected chi connectivity index (χ1v) is 10.2. The van der Waals surface area contributed by atoms with E-state index in [2.05, 4.69) is 15.0 Å². The highest BCUT2D eigenvalue weighted by molar-refractivity contribution is 5.99. The van der Waals surface area contributed by atoms with Gasteiger partial charge in [0.2, 0.25) is 0 Å². The van der Waals surface area contributed by atoms with Gasteiger partial charge in [0.1, 0.15) is 17.9 Å². The smallest absolute Gasteiger partial charge is 0.189 e. The van der Waals surface area contributed by atoms with Gasteiger partial charge in [-0.1, -0.05) is 30.3 Å². The summed E-state index contributed by atoms with van der Waals surface area (Å²) in [4.78, 5) is 25.8. The third kappa shape index (κ3) is 4.51. The van der Waals surface area contributed by atoms with Crippen LogP contribution in [0.1, 0.15) is 34.1 Å². The number of hydrogen-bond donors (Lipinski definition) is 4. The molecule has 2 aromatic heterocycles. The molecule has 0 saturated carbocycles. The Morgan fingerprint density at radius 3 is 2.69 bits per heavy atom. The highest BCUT2D eigenvalue weighted by Gasteiger charge is 2.37. The average molecular weight is 436 g/mol. The molecule has 0 unspecified atom stereocenters. The maximum absolute atomic E-state index is 13.1. The van der Waals surface area contributed by atoms with E-state index in [1.165, 1.54) is 6.20 Å². The Morgan fingerprint density at radius 2 is 1.94 bits per heavy atom. The largest absolute Gasteiger partial charge is 0.394 e. The van der Waals surface area contributed by atoms with Crippen molar-refractivity contribution < 1.29 is 24.9 Å². The zero-order valence-electron chi connectivity index (χ0n) is 17.2. The number of anilines is 1. The molecule has 166 valence electrons. The van der Waals surface area contributed by atoms with Crippen LogP contribution in [-0.4, -0.2) is 61.0 Å². The van der Waals surface area contributed by atoms with Crippen molar-refractivity contribution in [3.8, 4) is 11.3 Å². The fourth-order valence-electron chi connectivity index (χ4n) is 3.81. The third-order valence-corrected chi connectivity index (χ3v) is 5.52. The highest BCUT2D eigenvalue weighted by atomic mass is 16.5. The van der Waals surface area contributed by atoms with Crippen molar-refractivity contribution in [1.82, 2.24) is 15.0 Å². The van der Waals surface area contributed by atoms with Crippen LogP contribution >= 0.6 is 0 Å². The van der Waals surface area contributed by atoms with Gasteiger partial charge in [-0.15, -0.1) is 0 Å². The number of rotatable bonds is 6. The number of pyridine rings is 1. The summed E-state index contributed by atoms with van der Waals surface area (Å²) in [5, 5.41) is 29.6. The van der Waals surface area contributed by atoms with Gasteiger partial charge in [-0.2, -0.15) is 0 Å². The topological polar surface area (TPSA) is 152 Å². The molecule has 4 atom stereocenters. The molecular weight excluding hydrogens is 412 g/mol. The normalized spacial score (nSPS) is 23.1. The van der Waals surface area contributed by atoms with E-state index < -0.39 is 31.0 Å². The predicted octanol–water partition coefficient (Wildman–Crippen LogP) is 1.09. The van der Waals surface area contributed by atoms with Crippen LogP contribution in [0.5, 0.6) is 0 Å². The van der Waals surface area contributed by atoms with Crippen LogP contribution in [0.2, 0.25) is 0 Å². The Morgan fingerprint density at radius 1 is 1.16 bits per heavy atom. The maximum atomic E-state index is 13.1. The molecule has 1 saturated heterocycles. The molecule has 32 heavy (non-hydrogen) atoms. The summed E-state index contributed by atoms with van der Waals surface area (Å²) >= 11 is 0. The van der Waals surface area contributed by atoms with E-state index in [1.54, 1.807) is 18.5 Å². The number of nitrogen functional groups attached to an aromatic ring is 1. The molecule has 9 nitrogen and oxygen atoms in total. The molecule has 1 fully saturated rings. The molecule has 3 aromatic rings. The van der Waals surface area contributed by atoms with E-state index in [1.807, 2.05) is 30.3 Å². The zero-order chi connectivity index (χ0) is 22.7. The zero-order valence-corrected chi connectivity index (χ0v) is 17.2. The molecule has 3 heterocycles. The summed E-state index contributed by atoms with van der Waals surface area (Å²) < 4.78 is 5.78. The van der Waals surface area contributed by atoms with E-state index in [0.29, 0.717) is 16.8 Å². The second kappa shape index (κ2) is 9.49. The van der Waals surface area contributed by atoms with Crippen LogP contribution in [0.15, 0.2) is 55.0 Å². The first kappa shape index (κ1) is 22.0. The summed E-state index contributed by atoms with van der Waals surface area (Å²) in [6, 6.07) is 11.0. The van der Waals surface area contributed by atoms with E-state index in [-0.39, 0.29) is 30.1 Å². The summed E-state index contributed by atoms with van der Waals surface area (Å²) in [5.41, 5.74) is 8.58. The molecule has 1 aromatic carbocycles. The number of hydrogen-bond acceptors (Lipinski definition) is 9. The van der Waals surface area contributed by atoms with Gasteiger partial charge in [-0.25, -0.2) is 9.97 Å². The molecule has 1 aliphatic heterocycles. The summed E-state index contributed by atoms with van der Waals surface area (Å²) in [6.07, 6.45) is 0.908. The lowest BCUT2D eigenvalue weighted by atomic mass is 9.91. The minimum Gasteiger partial charge on any atom is -0.394 e. The number of ether oxygens (including phenoxy) is 1. The lowest BCUT2D eigenvalue weighted by molar-refractivity contribution is -0.181. The van der Waals surface area contributed by atoms with Gasteiger partial charge in [0, 0.05) is 30.8 Å². The number of Topliss-reactive ketones (excluding diaryl/α,β-unsaturated/α-hetero) is 1. The monoisotopic (exact) mass is 436 g/mol. The molecule has 9 heteroatoms. The molecule has 0 spiro atoms. The molecule has 5 N–H and O–H groups in total. The number of aliphatic hydroxyl groups is 3. The SMILES string of the molecule is Nc1ncc(-c2ccccc2)nc1C(=O)Cc1cnccc1[C@H]1C[C@@H](O)[C@H](O)[C@@H](CO)O1. The second-order valence-electron chi connectivity index (χ2n) is 7.67. The maximum Gasteiger partial charge on any atom is 0.189 e. The van der Waals surface area contributed by atoms with Gasteiger partial charge in [-0.05, 0) is 17.2 Å². The summed E-state index contributed by atoms with van der Waals surface area (Å²) in [5.74, 6) is -0.301. The number of benzene rings is 1. The average Bonchev–Trinajstić information content (AvgIpc) is 2.82. The first-order valence-electron chi connectivity index (χ1n) is 10.2. The van der Waals surface area contributed by atoms with Crippen molar-refractivity contribution in [2.45, 2.75) is 37.3 Å². The van der Waals surface area contributed by atoms with E-state index in [4.69, 9.17) is 10.5 Å². The van der Waals surface area contributed by atoms with Crippen molar-refractivity contribution in [2.24, 2.45) is 0 Å². The molecular formula is C23H24N4O5. The van der Waals surface area contributed by atoms with Crippen molar-refractivity contribution >= 4 is 11.6 Å². The van der Waals surface area contributed by atoms with Crippen LogP contribution in [0.4, 0.5) is 5.82 Å². The van der Waals surface area contributed by atoms with Gasteiger partial charge in [0.05, 0.1) is 30.7 Å². The second-order valence-corrected chi connectivity index (χ2v) is 7.67. The summed E-state index contributed by atoms with van der Waals surface area (Å²) in [7, 11) is 0. The van der Waals surface area contributed by atoms with Crippen molar-refractivity contribution in [3.63, 3.8) is 0 Å². The first-order chi connectivity index (χ1) is 15.5. The van der Waals surface area contributed by atoms with E-state index in [9.17, 15) is 20.1 Å². The molecule has 0 bridgehead atoms. The Labute approximate surface area is 184 Å². The minimum absolute atomic E-state index is 0.0351. The van der Waals surface area contributed by atoms with Gasteiger partial charge in [0.25, 0.3) is 0 Å². The molecule has 0 aliphatic carbocycles. The van der Waals surface area contributed by atoms with Gasteiger partial charge in [-0.3, -0.25) is 9.78 Å². The number of aliphatic hydroxyl groups excluding tert-OH is 3. The van der Waals surface area contributed by atoms with Gasteiger partial charge in [0.15, 0.2) is 11.6 Å². The predicted molar refractivity (Wildman–Crippen MR) is 115 cm³/mol. The number of ketones is 1. The van der Waals surface area contributed by atoms with Crippen molar-refractivity contribution in [2.75, 3.05) is 12.3 Å². The lowest BCUT2D eigenvalue weighted by Crippen LogP contribution is -2.47. The number of aromatic nitrogens is 3. The van der Waals surface area contributed by atoms with Crippen LogP contribution in [0, 0.1) is 0 Å². The third-order valence-electron chi connectivity index (χ3n) is 5.52. The van der Waals surface area contributed by atoms with Crippen molar-refractivity contribution in [3.05, 3.63) is 71.8 Å². The Bertz CT molecular complexity index is 1090. The standard InChI is InChI=1S/C23H24N4O5/c24-23-21(27-16(11-26-23)13-4-2-1-3-5-13)17(29)8-14-10-25-7-6-15(14)19-9-18(30)22(31)20(12-28)32-19/h1-7,10-11,18-20,22,28,30-31H,8-9,12H2,(H2,24,26)/t18-,19-,20-,22+/m1/s1. The number of carbonyl (C=O) groups excluding carboxylic acids is 1. The lowest BCUT2D eigenvalue weighted by Gasteiger charge is -2.37. The molecule has 0 amide bonds. The number of carbonyl (C=O) groups is 1.